The maximum atomic E-state index is 13.5. The summed E-state index contributed by atoms with van der Waals surface area (Å²) in [6.07, 6.45) is -3.53. The Balaban J connectivity index is 0.00000363. The van der Waals surface area contributed by atoms with Gasteiger partial charge in [-0.2, -0.15) is 13.2 Å². The van der Waals surface area contributed by atoms with Gasteiger partial charge in [0.2, 0.25) is 6.10 Å². The van der Waals surface area contributed by atoms with Gasteiger partial charge >= 0.3 is 12.3 Å². The Bertz CT molecular complexity index is 842. The van der Waals surface area contributed by atoms with Crippen LogP contribution in [0, 0.1) is 0 Å². The van der Waals surface area contributed by atoms with Gasteiger partial charge in [-0.1, -0.05) is 17.7 Å². The number of nitrogens with zero attached hydrogens (tertiary/aromatic N) is 2. The normalized spacial score (nSPS) is 17.8. The van der Waals surface area contributed by atoms with Crippen LogP contribution < -0.4 is 5.32 Å². The van der Waals surface area contributed by atoms with Gasteiger partial charge in [-0.15, -0.1) is 12.4 Å². The maximum absolute atomic E-state index is 13.5. The van der Waals surface area contributed by atoms with Crippen molar-refractivity contribution in [3.05, 3.63) is 59.4 Å². The number of nitrogens with one attached hydrogen (secondary N) is 1. The van der Waals surface area contributed by atoms with E-state index in [4.69, 9.17) is 21.1 Å². The van der Waals surface area contributed by atoms with E-state index >= 15 is 0 Å². The average molecular weight is 494 g/mol. The third-order valence-corrected chi connectivity index (χ3v) is 5.05. The number of likely N-dealkylation sites (tertiary alicyclic amines) is 1. The Morgan fingerprint density at radius 1 is 1.28 bits per heavy atom. The van der Waals surface area contributed by atoms with Crippen LogP contribution in [0.4, 0.5) is 23.7 Å². The summed E-state index contributed by atoms with van der Waals surface area (Å²) in [6, 6.07) is 9.64. The second kappa shape index (κ2) is 12.2. The SMILES string of the molecule is Cl.O=C(Nc1ccc(Cl)cc1)O[C@@H](CN1CCCC(OCc2cccnc2)C1)C(F)(F)F. The first-order valence-electron chi connectivity index (χ1n) is 9.82. The van der Waals surface area contributed by atoms with Crippen LogP contribution in [0.5, 0.6) is 0 Å². The van der Waals surface area contributed by atoms with E-state index in [1.54, 1.807) is 23.4 Å². The van der Waals surface area contributed by atoms with Gasteiger partial charge in [0.15, 0.2) is 0 Å². The first kappa shape index (κ1) is 26.2. The number of rotatable bonds is 7. The summed E-state index contributed by atoms with van der Waals surface area (Å²) in [6.45, 7) is 0.690. The summed E-state index contributed by atoms with van der Waals surface area (Å²) < 4.78 is 51.1. The Kier molecular flexibility index (Phi) is 10.0. The van der Waals surface area contributed by atoms with Crippen molar-refractivity contribution in [3.63, 3.8) is 0 Å². The summed E-state index contributed by atoms with van der Waals surface area (Å²) in [5, 5.41) is 2.73. The van der Waals surface area contributed by atoms with Gasteiger partial charge in [-0.25, -0.2) is 4.79 Å². The summed E-state index contributed by atoms with van der Waals surface area (Å²) in [5.41, 5.74) is 1.19. The zero-order valence-electron chi connectivity index (χ0n) is 17.1. The summed E-state index contributed by atoms with van der Waals surface area (Å²) in [5.74, 6) is 0. The molecule has 1 fully saturated rings. The number of hydrogen-bond donors (Lipinski definition) is 1. The molecular weight excluding hydrogens is 470 g/mol. The highest BCUT2D eigenvalue weighted by Gasteiger charge is 2.44. The Morgan fingerprint density at radius 3 is 2.69 bits per heavy atom. The predicted molar refractivity (Wildman–Crippen MR) is 117 cm³/mol. The molecular formula is C21H24Cl2F3N3O3. The number of alkyl halides is 3. The van der Waals surface area contributed by atoms with Crippen LogP contribution in [-0.2, 0) is 16.1 Å². The molecule has 2 heterocycles. The number of halogens is 5. The molecule has 6 nitrogen and oxygen atoms in total. The van der Waals surface area contributed by atoms with E-state index in [2.05, 4.69) is 10.3 Å². The van der Waals surface area contributed by atoms with Crippen LogP contribution in [0.3, 0.4) is 0 Å². The highest BCUT2D eigenvalue weighted by Crippen LogP contribution is 2.26. The van der Waals surface area contributed by atoms with Crippen molar-refractivity contribution in [1.29, 1.82) is 0 Å². The molecule has 0 saturated carbocycles. The number of carbonyl (C=O) groups excluding carboxylic acids is 1. The quantitative estimate of drug-likeness (QED) is 0.565. The third-order valence-electron chi connectivity index (χ3n) is 4.80. The van der Waals surface area contributed by atoms with Gasteiger partial charge in [0.05, 0.1) is 12.7 Å². The van der Waals surface area contributed by atoms with Gasteiger partial charge in [0.1, 0.15) is 0 Å². The van der Waals surface area contributed by atoms with E-state index in [1.807, 2.05) is 6.07 Å². The van der Waals surface area contributed by atoms with Gasteiger partial charge < -0.3 is 9.47 Å². The van der Waals surface area contributed by atoms with Crippen molar-refractivity contribution in [2.75, 3.05) is 25.0 Å². The van der Waals surface area contributed by atoms with Crippen molar-refractivity contribution in [2.24, 2.45) is 0 Å². The molecule has 0 aliphatic carbocycles. The zero-order valence-corrected chi connectivity index (χ0v) is 18.6. The average Bonchev–Trinajstić information content (AvgIpc) is 2.74. The van der Waals surface area contributed by atoms with E-state index in [0.717, 1.165) is 12.0 Å². The molecule has 1 aromatic carbocycles. The first-order valence-corrected chi connectivity index (χ1v) is 10.2. The standard InChI is InChI=1S/C21H23ClF3N3O3.ClH/c22-16-5-7-17(8-6-16)27-20(29)31-19(21(23,24)25)13-28-10-2-4-18(12-28)30-14-15-3-1-9-26-11-15;/h1,3,5-9,11,18-19H,2,4,10,12-14H2,(H,27,29);1H/t18?,19-;/m0./s1. The van der Waals surface area contributed by atoms with Gasteiger partial charge in [-0.3, -0.25) is 15.2 Å². The van der Waals surface area contributed by atoms with Crippen LogP contribution in [0.2, 0.25) is 5.02 Å². The molecule has 32 heavy (non-hydrogen) atoms. The molecule has 1 aromatic heterocycles. The minimum absolute atomic E-state index is 0. The molecule has 2 aromatic rings. The molecule has 1 amide bonds. The molecule has 1 saturated heterocycles. The number of hydrogen-bond acceptors (Lipinski definition) is 5. The number of pyridine rings is 1. The van der Waals surface area contributed by atoms with Crippen LogP contribution in [-0.4, -0.2) is 54.0 Å². The largest absolute Gasteiger partial charge is 0.435 e. The molecule has 1 N–H and O–H groups in total. The number of ether oxygens (including phenoxy) is 2. The number of aromatic nitrogens is 1. The second-order valence-corrected chi connectivity index (χ2v) is 7.70. The fraction of sp³-hybridized carbons (Fsp3) is 0.429. The highest BCUT2D eigenvalue weighted by atomic mass is 35.5. The Labute approximate surface area is 195 Å². The minimum Gasteiger partial charge on any atom is -0.435 e. The third kappa shape index (κ3) is 8.46. The van der Waals surface area contributed by atoms with E-state index in [9.17, 15) is 18.0 Å². The van der Waals surface area contributed by atoms with Crippen LogP contribution in [0.1, 0.15) is 18.4 Å². The van der Waals surface area contributed by atoms with Gasteiger partial charge in [0, 0.05) is 36.2 Å². The van der Waals surface area contributed by atoms with Crippen molar-refractivity contribution < 1.29 is 27.4 Å². The fourth-order valence-electron chi connectivity index (χ4n) is 3.26. The lowest BCUT2D eigenvalue weighted by atomic mass is 10.1. The van der Waals surface area contributed by atoms with Gasteiger partial charge in [-0.05, 0) is 55.3 Å². The number of piperidine rings is 1. The van der Waals surface area contributed by atoms with E-state index < -0.39 is 24.9 Å². The smallest absolute Gasteiger partial charge is 0.426 e. The molecule has 3 rings (SSSR count). The summed E-state index contributed by atoms with van der Waals surface area (Å²) in [7, 11) is 0. The molecule has 0 bridgehead atoms. The van der Waals surface area contributed by atoms with E-state index in [-0.39, 0.29) is 24.2 Å². The van der Waals surface area contributed by atoms with Crippen LogP contribution in [0.25, 0.3) is 0 Å². The lowest BCUT2D eigenvalue weighted by Crippen LogP contribution is -2.49. The van der Waals surface area contributed by atoms with Crippen molar-refractivity contribution in [3.8, 4) is 0 Å². The predicted octanol–water partition coefficient (Wildman–Crippen LogP) is 5.32. The molecule has 0 radical (unpaired) electrons. The highest BCUT2D eigenvalue weighted by molar-refractivity contribution is 6.30. The molecule has 0 spiro atoms. The number of carbonyl (C=O) groups is 1. The van der Waals surface area contributed by atoms with E-state index in [0.29, 0.717) is 31.1 Å². The van der Waals surface area contributed by atoms with Crippen molar-refractivity contribution >= 4 is 35.8 Å². The Hall–Kier alpha value is -2.07. The number of amides is 1. The number of anilines is 1. The topological polar surface area (TPSA) is 63.7 Å². The van der Waals surface area contributed by atoms with Crippen molar-refractivity contribution in [2.45, 2.75) is 37.8 Å². The number of benzene rings is 1. The van der Waals surface area contributed by atoms with E-state index in [1.165, 1.54) is 24.3 Å². The summed E-state index contributed by atoms with van der Waals surface area (Å²) in [4.78, 5) is 17.6. The molecule has 1 aliphatic rings. The molecule has 11 heteroatoms. The second-order valence-electron chi connectivity index (χ2n) is 7.26. The Morgan fingerprint density at radius 2 is 2.03 bits per heavy atom. The van der Waals surface area contributed by atoms with Gasteiger partial charge in [0.25, 0.3) is 0 Å². The fourth-order valence-corrected chi connectivity index (χ4v) is 3.39. The lowest BCUT2D eigenvalue weighted by molar-refractivity contribution is -0.208. The molecule has 176 valence electrons. The molecule has 1 aliphatic heterocycles. The lowest BCUT2D eigenvalue weighted by Gasteiger charge is -2.35. The maximum Gasteiger partial charge on any atom is 0.426 e. The summed E-state index contributed by atoms with van der Waals surface area (Å²) >= 11 is 5.76. The van der Waals surface area contributed by atoms with Crippen LogP contribution in [0.15, 0.2) is 48.8 Å². The zero-order chi connectivity index (χ0) is 22.3. The van der Waals surface area contributed by atoms with Crippen molar-refractivity contribution in [1.82, 2.24) is 9.88 Å². The monoisotopic (exact) mass is 493 g/mol. The molecule has 1 unspecified atom stereocenters. The molecule has 2 atom stereocenters. The first-order chi connectivity index (χ1) is 14.8. The van der Waals surface area contributed by atoms with Crippen LogP contribution >= 0.6 is 24.0 Å². The minimum atomic E-state index is -4.69.